The van der Waals surface area contributed by atoms with E-state index in [0.29, 0.717) is 18.8 Å². The van der Waals surface area contributed by atoms with Gasteiger partial charge in [-0.1, -0.05) is 42.5 Å². The van der Waals surface area contributed by atoms with Gasteiger partial charge in [0.15, 0.2) is 5.78 Å². The number of alkyl halides is 2. The molecule has 154 valence electrons. The molecular weight excluding hydrogens is 388 g/mol. The number of nitrogens with one attached hydrogen (secondary N) is 2. The number of fused-ring (bicyclic) bond motifs is 1. The standard InChI is InChI=1S/C22H21F2N5O/c23-21(24)12-25-10-15-5-7-16(8-6-15)13-29-14-17(11-26-29)9-20(30)22-18-3-1-2-4-19(18)27-28-22/h1-8,11,14,21,25H,9-10,12-13H2,(H,27,28). The van der Waals surface area contributed by atoms with Gasteiger partial charge in [0.05, 0.1) is 24.8 Å². The molecule has 4 rings (SSSR count). The first-order valence-electron chi connectivity index (χ1n) is 9.63. The van der Waals surface area contributed by atoms with Crippen LogP contribution in [0.25, 0.3) is 10.9 Å². The zero-order chi connectivity index (χ0) is 20.9. The molecule has 4 aromatic rings. The maximum absolute atomic E-state index is 12.7. The van der Waals surface area contributed by atoms with E-state index in [2.05, 4.69) is 20.6 Å². The number of hydrogen-bond donors (Lipinski definition) is 2. The van der Waals surface area contributed by atoms with Gasteiger partial charge in [-0.05, 0) is 22.8 Å². The first-order valence-corrected chi connectivity index (χ1v) is 9.63. The summed E-state index contributed by atoms with van der Waals surface area (Å²) >= 11 is 0. The molecule has 2 aromatic heterocycles. The van der Waals surface area contributed by atoms with Crippen molar-refractivity contribution < 1.29 is 13.6 Å². The van der Waals surface area contributed by atoms with Gasteiger partial charge in [-0.3, -0.25) is 14.6 Å². The minimum absolute atomic E-state index is 0.0624. The Morgan fingerprint density at radius 1 is 1.07 bits per heavy atom. The number of aromatic amines is 1. The maximum atomic E-state index is 12.7. The van der Waals surface area contributed by atoms with E-state index in [1.807, 2.05) is 54.7 Å². The number of Topliss-reactive ketones (excluding diaryl/α,β-unsaturated/α-hetero) is 1. The fourth-order valence-electron chi connectivity index (χ4n) is 3.30. The van der Waals surface area contributed by atoms with Crippen molar-refractivity contribution in [2.45, 2.75) is 25.9 Å². The summed E-state index contributed by atoms with van der Waals surface area (Å²) in [4.78, 5) is 12.7. The van der Waals surface area contributed by atoms with Crippen LogP contribution in [0.5, 0.6) is 0 Å². The zero-order valence-electron chi connectivity index (χ0n) is 16.2. The minimum atomic E-state index is -2.35. The van der Waals surface area contributed by atoms with Crippen molar-refractivity contribution in [1.82, 2.24) is 25.3 Å². The van der Waals surface area contributed by atoms with Crippen LogP contribution in [0.2, 0.25) is 0 Å². The number of carbonyl (C=O) groups excluding carboxylic acids is 1. The lowest BCUT2D eigenvalue weighted by molar-refractivity contribution is 0.0989. The monoisotopic (exact) mass is 409 g/mol. The Morgan fingerprint density at radius 2 is 1.83 bits per heavy atom. The van der Waals surface area contributed by atoms with Gasteiger partial charge in [-0.15, -0.1) is 0 Å². The fraction of sp³-hybridized carbons (Fsp3) is 0.227. The molecule has 2 N–H and O–H groups in total. The Labute approximate surface area is 171 Å². The number of hydrogen-bond acceptors (Lipinski definition) is 4. The molecule has 6 nitrogen and oxygen atoms in total. The average molecular weight is 409 g/mol. The summed E-state index contributed by atoms with van der Waals surface area (Å²) < 4.78 is 26.1. The molecule has 0 bridgehead atoms. The summed E-state index contributed by atoms with van der Waals surface area (Å²) in [5.74, 6) is -0.0624. The molecule has 2 heterocycles. The van der Waals surface area contributed by atoms with Crippen LogP contribution < -0.4 is 5.32 Å². The van der Waals surface area contributed by atoms with Crippen molar-refractivity contribution >= 4 is 16.7 Å². The Morgan fingerprint density at radius 3 is 2.63 bits per heavy atom. The van der Waals surface area contributed by atoms with Crippen LogP contribution in [0.15, 0.2) is 60.9 Å². The highest BCUT2D eigenvalue weighted by Gasteiger charge is 2.15. The van der Waals surface area contributed by atoms with Crippen LogP contribution in [0.4, 0.5) is 8.78 Å². The van der Waals surface area contributed by atoms with Crippen LogP contribution in [-0.4, -0.2) is 38.7 Å². The van der Waals surface area contributed by atoms with Crippen molar-refractivity contribution in [2.24, 2.45) is 0 Å². The van der Waals surface area contributed by atoms with Crippen LogP contribution in [0, 0.1) is 0 Å². The zero-order valence-corrected chi connectivity index (χ0v) is 16.2. The van der Waals surface area contributed by atoms with Crippen molar-refractivity contribution in [3.8, 4) is 0 Å². The summed E-state index contributed by atoms with van der Waals surface area (Å²) in [5, 5.41) is 14.9. The third-order valence-electron chi connectivity index (χ3n) is 4.78. The fourth-order valence-corrected chi connectivity index (χ4v) is 3.30. The highest BCUT2D eigenvalue weighted by atomic mass is 19.3. The number of rotatable bonds is 9. The lowest BCUT2D eigenvalue weighted by Crippen LogP contribution is -2.20. The molecule has 30 heavy (non-hydrogen) atoms. The number of para-hydroxylation sites is 1. The molecule has 0 atom stereocenters. The van der Waals surface area contributed by atoms with E-state index < -0.39 is 6.43 Å². The first kappa shape index (κ1) is 19.9. The molecule has 0 amide bonds. The second-order valence-corrected chi connectivity index (χ2v) is 7.10. The molecule has 8 heteroatoms. The van der Waals surface area contributed by atoms with E-state index >= 15 is 0 Å². The van der Waals surface area contributed by atoms with Crippen LogP contribution in [0.3, 0.4) is 0 Å². The van der Waals surface area contributed by atoms with Gasteiger partial charge in [0.25, 0.3) is 6.43 Å². The second-order valence-electron chi connectivity index (χ2n) is 7.10. The molecule has 0 unspecified atom stereocenters. The number of ketones is 1. The molecule has 0 radical (unpaired) electrons. The smallest absolute Gasteiger partial charge is 0.250 e. The normalized spacial score (nSPS) is 11.4. The number of benzene rings is 2. The van der Waals surface area contributed by atoms with Crippen LogP contribution in [0.1, 0.15) is 27.2 Å². The summed E-state index contributed by atoms with van der Waals surface area (Å²) in [5.41, 5.74) is 4.07. The SMILES string of the molecule is O=C(Cc1cnn(Cc2ccc(CNCC(F)F)cc2)c1)c1n[nH]c2ccccc12. The Balaban J connectivity index is 1.35. The quantitative estimate of drug-likeness (QED) is 0.414. The number of aromatic nitrogens is 4. The van der Waals surface area contributed by atoms with E-state index in [1.165, 1.54) is 0 Å². The maximum Gasteiger partial charge on any atom is 0.250 e. The van der Waals surface area contributed by atoms with Crippen LogP contribution >= 0.6 is 0 Å². The van der Waals surface area contributed by atoms with Crippen molar-refractivity contribution in [1.29, 1.82) is 0 Å². The molecule has 0 spiro atoms. The lowest BCUT2D eigenvalue weighted by Gasteiger charge is -2.06. The molecule has 0 aliphatic rings. The Bertz CT molecular complexity index is 1130. The molecule has 0 saturated carbocycles. The highest BCUT2D eigenvalue weighted by Crippen LogP contribution is 2.17. The molecule has 0 saturated heterocycles. The van der Waals surface area contributed by atoms with E-state index in [-0.39, 0.29) is 18.7 Å². The molecule has 2 aromatic carbocycles. The largest absolute Gasteiger partial charge is 0.307 e. The van der Waals surface area contributed by atoms with E-state index in [1.54, 1.807) is 10.9 Å². The minimum Gasteiger partial charge on any atom is -0.307 e. The van der Waals surface area contributed by atoms with Crippen molar-refractivity contribution in [3.05, 3.63) is 83.3 Å². The first-order chi connectivity index (χ1) is 14.6. The van der Waals surface area contributed by atoms with Crippen LogP contribution in [-0.2, 0) is 19.5 Å². The number of H-pyrrole nitrogens is 1. The number of nitrogens with zero attached hydrogens (tertiary/aromatic N) is 3. The predicted molar refractivity (Wildman–Crippen MR) is 110 cm³/mol. The molecule has 0 aliphatic carbocycles. The van der Waals surface area contributed by atoms with E-state index in [0.717, 1.165) is 27.6 Å². The number of halogens is 2. The summed E-state index contributed by atoms with van der Waals surface area (Å²) in [6, 6.07) is 15.2. The van der Waals surface area contributed by atoms with Crippen molar-refractivity contribution in [2.75, 3.05) is 6.54 Å². The van der Waals surface area contributed by atoms with Gasteiger partial charge in [0, 0.05) is 24.5 Å². The topological polar surface area (TPSA) is 75.6 Å². The van der Waals surface area contributed by atoms with Gasteiger partial charge in [0.1, 0.15) is 5.69 Å². The predicted octanol–water partition coefficient (Wildman–Crippen LogP) is 3.59. The third kappa shape index (κ3) is 4.77. The molecule has 0 aliphatic heterocycles. The lowest BCUT2D eigenvalue weighted by atomic mass is 10.1. The molecular formula is C22H21F2N5O. The van der Waals surface area contributed by atoms with Gasteiger partial charge in [0.2, 0.25) is 0 Å². The van der Waals surface area contributed by atoms with Gasteiger partial charge in [-0.2, -0.15) is 10.2 Å². The Hall–Kier alpha value is -3.39. The van der Waals surface area contributed by atoms with Gasteiger partial charge < -0.3 is 5.32 Å². The van der Waals surface area contributed by atoms with Crippen molar-refractivity contribution in [3.63, 3.8) is 0 Å². The Kier molecular flexibility index (Phi) is 5.94. The average Bonchev–Trinajstić information content (AvgIpc) is 3.36. The number of carbonyl (C=O) groups is 1. The van der Waals surface area contributed by atoms with Gasteiger partial charge >= 0.3 is 0 Å². The summed E-state index contributed by atoms with van der Waals surface area (Å²) in [6.45, 7) is 0.648. The van der Waals surface area contributed by atoms with E-state index in [9.17, 15) is 13.6 Å². The summed E-state index contributed by atoms with van der Waals surface area (Å²) in [7, 11) is 0. The second kappa shape index (κ2) is 8.96. The summed E-state index contributed by atoms with van der Waals surface area (Å²) in [6.07, 6.45) is 1.42. The van der Waals surface area contributed by atoms with E-state index in [4.69, 9.17) is 0 Å². The van der Waals surface area contributed by atoms with Gasteiger partial charge in [-0.25, -0.2) is 8.78 Å². The molecule has 0 fully saturated rings. The third-order valence-corrected chi connectivity index (χ3v) is 4.78. The highest BCUT2D eigenvalue weighted by molar-refractivity contribution is 6.06.